The van der Waals surface area contributed by atoms with Gasteiger partial charge in [0, 0.05) is 7.11 Å². The number of methoxy groups -OCH3 is 1. The first-order chi connectivity index (χ1) is 11.3. The van der Waals surface area contributed by atoms with Gasteiger partial charge < -0.3 is 4.74 Å². The Hall–Kier alpha value is -2.12. The van der Waals surface area contributed by atoms with Gasteiger partial charge >= 0.3 is 0 Å². The summed E-state index contributed by atoms with van der Waals surface area (Å²) >= 11 is 0. The lowest BCUT2D eigenvalue weighted by Gasteiger charge is -2.01. The van der Waals surface area contributed by atoms with Crippen molar-refractivity contribution >= 4 is 10.8 Å². The van der Waals surface area contributed by atoms with Crippen molar-refractivity contribution in [1.29, 1.82) is 0 Å². The van der Waals surface area contributed by atoms with Crippen LogP contribution in [0.5, 0.6) is 0 Å². The average molecular weight is 308 g/mol. The van der Waals surface area contributed by atoms with E-state index in [1.54, 1.807) is 7.11 Å². The van der Waals surface area contributed by atoms with Crippen molar-refractivity contribution in [1.82, 2.24) is 0 Å². The molecular formula is C22H28O. The van der Waals surface area contributed by atoms with E-state index < -0.39 is 0 Å². The van der Waals surface area contributed by atoms with Crippen LogP contribution < -0.4 is 0 Å². The maximum Gasteiger partial charge on any atom is 0.0713 e. The Morgan fingerprint density at radius 3 is 1.87 bits per heavy atom. The zero-order valence-electron chi connectivity index (χ0n) is 14.8. The molecule has 0 heterocycles. The number of benzene rings is 3. The molecule has 0 unspecified atom stereocenters. The third-order valence-electron chi connectivity index (χ3n) is 3.38. The van der Waals surface area contributed by atoms with Crippen LogP contribution in [0.25, 0.3) is 10.8 Å². The minimum atomic E-state index is 0.685. The van der Waals surface area contributed by atoms with Gasteiger partial charge in [-0.3, -0.25) is 0 Å². The van der Waals surface area contributed by atoms with E-state index in [1.165, 1.54) is 21.9 Å². The van der Waals surface area contributed by atoms with Crippen LogP contribution in [0.1, 0.15) is 31.9 Å². The first kappa shape index (κ1) is 18.9. The van der Waals surface area contributed by atoms with Gasteiger partial charge in [0.05, 0.1) is 6.61 Å². The Balaban J connectivity index is 0.000000228. The molecule has 23 heavy (non-hydrogen) atoms. The molecule has 0 saturated heterocycles. The van der Waals surface area contributed by atoms with Crippen molar-refractivity contribution in [2.24, 2.45) is 0 Å². The Kier molecular flexibility index (Phi) is 9.42. The molecule has 0 amide bonds. The largest absolute Gasteiger partial charge is 0.380 e. The van der Waals surface area contributed by atoms with Crippen LogP contribution in [-0.4, -0.2) is 7.11 Å². The van der Waals surface area contributed by atoms with Gasteiger partial charge in [0.1, 0.15) is 0 Å². The molecule has 0 atom stereocenters. The van der Waals surface area contributed by atoms with Gasteiger partial charge in [0.25, 0.3) is 0 Å². The first-order valence-electron chi connectivity index (χ1n) is 8.34. The van der Waals surface area contributed by atoms with E-state index in [9.17, 15) is 0 Å². The van der Waals surface area contributed by atoms with Crippen molar-refractivity contribution in [3.63, 3.8) is 0 Å². The summed E-state index contributed by atoms with van der Waals surface area (Å²) in [5, 5.41) is 2.56. The second-order valence-corrected chi connectivity index (χ2v) is 4.95. The van der Waals surface area contributed by atoms with Crippen LogP contribution in [0.15, 0.2) is 72.8 Å². The number of hydrogen-bond donors (Lipinski definition) is 0. The van der Waals surface area contributed by atoms with E-state index in [1.807, 2.05) is 19.9 Å². The Bertz CT molecular complexity index is 659. The van der Waals surface area contributed by atoms with E-state index in [0.29, 0.717) is 6.61 Å². The molecule has 0 radical (unpaired) electrons. The molecule has 0 aliphatic carbocycles. The molecule has 1 heteroatoms. The van der Waals surface area contributed by atoms with Gasteiger partial charge in [-0.05, 0) is 34.4 Å². The summed E-state index contributed by atoms with van der Waals surface area (Å²) in [6, 6.07) is 25.2. The molecule has 0 spiro atoms. The van der Waals surface area contributed by atoms with Gasteiger partial charge in [-0.15, -0.1) is 0 Å². The lowest BCUT2D eigenvalue weighted by atomic mass is 10.1. The van der Waals surface area contributed by atoms with Gasteiger partial charge in [-0.2, -0.15) is 0 Å². The van der Waals surface area contributed by atoms with Crippen LogP contribution in [0.4, 0.5) is 0 Å². The second-order valence-electron chi connectivity index (χ2n) is 4.95. The molecular weight excluding hydrogens is 280 g/mol. The normalized spacial score (nSPS) is 9.39. The molecule has 0 bridgehead atoms. The van der Waals surface area contributed by atoms with Crippen molar-refractivity contribution < 1.29 is 4.74 Å². The fourth-order valence-electron chi connectivity index (χ4n) is 2.21. The summed E-state index contributed by atoms with van der Waals surface area (Å²) in [6.45, 7) is 6.85. The zero-order valence-corrected chi connectivity index (χ0v) is 14.8. The summed E-state index contributed by atoms with van der Waals surface area (Å²) in [4.78, 5) is 0. The Morgan fingerprint density at radius 1 is 0.696 bits per heavy atom. The fourth-order valence-corrected chi connectivity index (χ4v) is 2.21. The van der Waals surface area contributed by atoms with Crippen LogP contribution in [-0.2, 0) is 17.8 Å². The van der Waals surface area contributed by atoms with Crippen molar-refractivity contribution in [2.45, 2.75) is 33.8 Å². The van der Waals surface area contributed by atoms with E-state index >= 15 is 0 Å². The smallest absolute Gasteiger partial charge is 0.0713 e. The van der Waals surface area contributed by atoms with Crippen LogP contribution in [0.2, 0.25) is 0 Å². The molecule has 0 N–H and O–H groups in total. The van der Waals surface area contributed by atoms with Crippen LogP contribution in [0, 0.1) is 0 Å². The summed E-state index contributed by atoms with van der Waals surface area (Å²) in [5.74, 6) is 0. The topological polar surface area (TPSA) is 9.23 Å². The molecule has 0 aliphatic heterocycles. The molecule has 0 saturated carbocycles. The lowest BCUT2D eigenvalue weighted by molar-refractivity contribution is 0.185. The Morgan fingerprint density at radius 2 is 1.30 bits per heavy atom. The summed E-state index contributed by atoms with van der Waals surface area (Å²) < 4.78 is 5.08. The number of rotatable bonds is 3. The van der Waals surface area contributed by atoms with Crippen molar-refractivity contribution in [3.8, 4) is 0 Å². The predicted molar refractivity (Wildman–Crippen MR) is 102 cm³/mol. The fraction of sp³-hybridized carbons (Fsp3) is 0.273. The van der Waals surface area contributed by atoms with Crippen LogP contribution >= 0.6 is 0 Å². The minimum Gasteiger partial charge on any atom is -0.380 e. The second kappa shape index (κ2) is 11.4. The molecule has 3 aromatic carbocycles. The van der Waals surface area contributed by atoms with Crippen LogP contribution in [0.3, 0.4) is 0 Å². The molecule has 3 rings (SSSR count). The molecule has 0 aliphatic rings. The summed E-state index contributed by atoms with van der Waals surface area (Å²) in [6.07, 6.45) is 1.14. The van der Waals surface area contributed by atoms with E-state index in [2.05, 4.69) is 73.7 Å². The maximum atomic E-state index is 5.08. The van der Waals surface area contributed by atoms with E-state index in [4.69, 9.17) is 4.74 Å². The third kappa shape index (κ3) is 6.66. The summed E-state index contributed by atoms with van der Waals surface area (Å²) in [7, 11) is 1.72. The SMILES string of the molecule is CC.CCc1ccccc1.COCc1ccc2ccccc2c1. The highest BCUT2D eigenvalue weighted by atomic mass is 16.5. The molecule has 3 aromatic rings. The zero-order chi connectivity index (χ0) is 16.9. The van der Waals surface area contributed by atoms with Gasteiger partial charge in [-0.1, -0.05) is 87.5 Å². The summed E-state index contributed by atoms with van der Waals surface area (Å²) in [5.41, 5.74) is 2.63. The lowest BCUT2D eigenvalue weighted by Crippen LogP contribution is -1.86. The molecule has 1 nitrogen and oxygen atoms in total. The Labute approximate surface area is 140 Å². The minimum absolute atomic E-state index is 0.685. The number of hydrogen-bond acceptors (Lipinski definition) is 1. The highest BCUT2D eigenvalue weighted by Crippen LogP contribution is 2.15. The van der Waals surface area contributed by atoms with Crippen molar-refractivity contribution in [3.05, 3.63) is 83.9 Å². The number of fused-ring (bicyclic) bond motifs is 1. The third-order valence-corrected chi connectivity index (χ3v) is 3.38. The highest BCUT2D eigenvalue weighted by molar-refractivity contribution is 5.82. The van der Waals surface area contributed by atoms with Gasteiger partial charge in [0.2, 0.25) is 0 Å². The molecule has 0 aromatic heterocycles. The maximum absolute atomic E-state index is 5.08. The standard InChI is InChI=1S/C12H12O.C8H10.C2H6/c1-13-9-10-6-7-11-4-2-3-5-12(11)8-10;1-2-8-6-4-3-5-7-8;1-2/h2-8H,9H2,1H3;3-7H,2H2,1H3;1-2H3. The molecule has 0 fully saturated rings. The average Bonchev–Trinajstić information content (AvgIpc) is 2.65. The molecule has 122 valence electrons. The number of ether oxygens (including phenoxy) is 1. The van der Waals surface area contributed by atoms with Crippen molar-refractivity contribution in [2.75, 3.05) is 7.11 Å². The highest BCUT2D eigenvalue weighted by Gasteiger charge is 1.94. The van der Waals surface area contributed by atoms with Gasteiger partial charge in [0.15, 0.2) is 0 Å². The number of aryl methyl sites for hydroxylation is 1. The van der Waals surface area contributed by atoms with E-state index in [-0.39, 0.29) is 0 Å². The first-order valence-corrected chi connectivity index (χ1v) is 8.34. The predicted octanol–water partition coefficient (Wildman–Crippen LogP) is 6.26. The quantitative estimate of drug-likeness (QED) is 0.554. The monoisotopic (exact) mass is 308 g/mol. The van der Waals surface area contributed by atoms with E-state index in [0.717, 1.165) is 6.42 Å². The van der Waals surface area contributed by atoms with Gasteiger partial charge in [-0.25, -0.2) is 0 Å².